The first-order valence-corrected chi connectivity index (χ1v) is 6.68. The van der Waals surface area contributed by atoms with Crippen LogP contribution in [0.15, 0.2) is 12.1 Å². The molecule has 7 heteroatoms. The maximum Gasteiger partial charge on any atom is 0.416 e. The van der Waals surface area contributed by atoms with Crippen molar-refractivity contribution in [2.45, 2.75) is 51.2 Å². The molecule has 1 fully saturated rings. The molecule has 0 bridgehead atoms. The third-order valence-corrected chi connectivity index (χ3v) is 3.23. The Morgan fingerprint density at radius 3 is 2.40 bits per heavy atom. The fourth-order valence-electron chi connectivity index (χ4n) is 2.31. The van der Waals surface area contributed by atoms with Gasteiger partial charge < -0.3 is 9.47 Å². The fourth-order valence-corrected chi connectivity index (χ4v) is 2.51. The Kier molecular flexibility index (Phi) is 4.44. The molecule has 0 spiro atoms. The van der Waals surface area contributed by atoms with Gasteiger partial charge in [-0.15, -0.1) is 0 Å². The zero-order valence-corrected chi connectivity index (χ0v) is 11.8. The van der Waals surface area contributed by atoms with Gasteiger partial charge in [-0.25, -0.2) is 4.98 Å². The van der Waals surface area contributed by atoms with Crippen LogP contribution in [0.25, 0.3) is 0 Å². The maximum atomic E-state index is 12.7. The molecule has 1 saturated heterocycles. The lowest BCUT2D eigenvalue weighted by molar-refractivity contribution is -0.137. The molecule has 20 heavy (non-hydrogen) atoms. The molecule has 3 nitrogen and oxygen atoms in total. The highest BCUT2D eigenvalue weighted by Crippen LogP contribution is 2.33. The number of pyridine rings is 1. The van der Waals surface area contributed by atoms with Crippen LogP contribution < -0.4 is 4.74 Å². The zero-order chi connectivity index (χ0) is 14.9. The summed E-state index contributed by atoms with van der Waals surface area (Å²) in [4.78, 5) is 3.79. The number of nitrogens with zero attached hydrogens (tertiary/aromatic N) is 1. The van der Waals surface area contributed by atoms with Crippen LogP contribution in [0.4, 0.5) is 13.2 Å². The number of ether oxygens (including phenoxy) is 2. The summed E-state index contributed by atoms with van der Waals surface area (Å²) < 4.78 is 49.2. The van der Waals surface area contributed by atoms with Crippen molar-refractivity contribution in [3.8, 4) is 5.88 Å². The number of halogens is 4. The lowest BCUT2D eigenvalue weighted by Crippen LogP contribution is -2.35. The number of aromatic nitrogens is 1. The van der Waals surface area contributed by atoms with Crippen LogP contribution in [0.5, 0.6) is 5.88 Å². The summed E-state index contributed by atoms with van der Waals surface area (Å²) in [6.07, 6.45) is -3.46. The Bertz CT molecular complexity index is 471. The van der Waals surface area contributed by atoms with E-state index < -0.39 is 11.7 Å². The van der Waals surface area contributed by atoms with Crippen LogP contribution in [0.1, 0.15) is 32.3 Å². The Hall–Kier alpha value is -1.01. The lowest BCUT2D eigenvalue weighted by Gasteiger charge is -2.32. The van der Waals surface area contributed by atoms with Crippen molar-refractivity contribution in [2.24, 2.45) is 0 Å². The second-order valence-electron chi connectivity index (χ2n) is 4.98. The van der Waals surface area contributed by atoms with Crippen molar-refractivity contribution >= 4 is 11.6 Å². The van der Waals surface area contributed by atoms with E-state index in [0.29, 0.717) is 12.8 Å². The summed E-state index contributed by atoms with van der Waals surface area (Å²) in [6.45, 7) is 3.80. The van der Waals surface area contributed by atoms with Crippen LogP contribution in [0, 0.1) is 0 Å². The van der Waals surface area contributed by atoms with E-state index in [9.17, 15) is 13.2 Å². The van der Waals surface area contributed by atoms with E-state index in [1.165, 1.54) is 0 Å². The van der Waals surface area contributed by atoms with Gasteiger partial charge in [0.2, 0.25) is 5.88 Å². The van der Waals surface area contributed by atoms with E-state index in [4.69, 9.17) is 21.1 Å². The number of hydrogen-bond acceptors (Lipinski definition) is 3. The van der Waals surface area contributed by atoms with E-state index >= 15 is 0 Å². The molecule has 0 aromatic carbocycles. The molecule has 1 aliphatic heterocycles. The first kappa shape index (κ1) is 15.4. The summed E-state index contributed by atoms with van der Waals surface area (Å²) in [5, 5.41) is -0.233. The molecular weight excluding hydrogens is 295 g/mol. The van der Waals surface area contributed by atoms with Crippen molar-refractivity contribution < 1.29 is 22.6 Å². The van der Waals surface area contributed by atoms with Crippen LogP contribution in [0.3, 0.4) is 0 Å². The zero-order valence-electron chi connectivity index (χ0n) is 11.1. The Morgan fingerprint density at radius 2 is 1.85 bits per heavy atom. The maximum absolute atomic E-state index is 12.7. The second-order valence-corrected chi connectivity index (χ2v) is 5.37. The molecule has 0 N–H and O–H groups in total. The predicted octanol–water partition coefficient (Wildman–Crippen LogP) is 4.09. The second kappa shape index (κ2) is 5.77. The third-order valence-electron chi connectivity index (χ3n) is 3.04. The number of alkyl halides is 3. The molecule has 2 rings (SSSR count). The molecule has 0 radical (unpaired) electrons. The Labute approximate surface area is 120 Å². The molecule has 2 unspecified atom stereocenters. The van der Waals surface area contributed by atoms with Crippen molar-refractivity contribution in [2.75, 3.05) is 0 Å². The Balaban J connectivity index is 2.15. The highest BCUT2D eigenvalue weighted by atomic mass is 35.5. The molecule has 112 valence electrons. The van der Waals surface area contributed by atoms with Gasteiger partial charge in [-0.2, -0.15) is 13.2 Å². The van der Waals surface area contributed by atoms with Gasteiger partial charge in [0.25, 0.3) is 0 Å². The van der Waals surface area contributed by atoms with Crippen molar-refractivity contribution in [1.29, 1.82) is 0 Å². The summed E-state index contributed by atoms with van der Waals surface area (Å²) in [6, 6.07) is 1.65. The van der Waals surface area contributed by atoms with E-state index in [0.717, 1.165) is 12.1 Å². The van der Waals surface area contributed by atoms with Crippen LogP contribution in [0.2, 0.25) is 5.15 Å². The van der Waals surface area contributed by atoms with E-state index in [1.807, 2.05) is 13.8 Å². The van der Waals surface area contributed by atoms with Gasteiger partial charge in [0.15, 0.2) is 0 Å². The normalized spacial score (nSPS) is 27.4. The molecule has 2 atom stereocenters. The standard InChI is InChI=1S/C13H15ClF3NO2/c1-7-3-10(4-8(2)19-7)20-12-6-9(13(15,16)17)5-11(14)18-12/h5-8,10H,3-4H2,1-2H3. The molecule has 1 aromatic rings. The topological polar surface area (TPSA) is 31.4 Å². The SMILES string of the molecule is CC1CC(Oc2cc(C(F)(F)F)cc(Cl)n2)CC(C)O1. The monoisotopic (exact) mass is 309 g/mol. The predicted molar refractivity (Wildman–Crippen MR) is 67.9 cm³/mol. The number of rotatable bonds is 2. The van der Waals surface area contributed by atoms with Gasteiger partial charge in [-0.3, -0.25) is 0 Å². The van der Waals surface area contributed by atoms with Crippen molar-refractivity contribution in [3.05, 3.63) is 22.8 Å². The van der Waals surface area contributed by atoms with Gasteiger partial charge >= 0.3 is 6.18 Å². The Morgan fingerprint density at radius 1 is 1.25 bits per heavy atom. The van der Waals surface area contributed by atoms with Crippen LogP contribution in [-0.2, 0) is 10.9 Å². The largest absolute Gasteiger partial charge is 0.474 e. The summed E-state index contributed by atoms with van der Waals surface area (Å²) in [5.41, 5.74) is -0.861. The minimum Gasteiger partial charge on any atom is -0.474 e. The first-order chi connectivity index (χ1) is 9.24. The summed E-state index contributed by atoms with van der Waals surface area (Å²) in [5.74, 6) is -0.101. The summed E-state index contributed by atoms with van der Waals surface area (Å²) >= 11 is 5.62. The average molecular weight is 310 g/mol. The lowest BCUT2D eigenvalue weighted by atomic mass is 10.0. The molecule has 0 aliphatic carbocycles. The minimum atomic E-state index is -4.47. The van der Waals surface area contributed by atoms with E-state index in [2.05, 4.69) is 4.98 Å². The molecule has 1 aromatic heterocycles. The fraction of sp³-hybridized carbons (Fsp3) is 0.615. The molecule has 2 heterocycles. The van der Waals surface area contributed by atoms with Gasteiger partial charge in [-0.1, -0.05) is 11.6 Å². The third kappa shape index (κ3) is 3.99. The van der Waals surface area contributed by atoms with E-state index in [1.54, 1.807) is 0 Å². The average Bonchev–Trinajstić information content (AvgIpc) is 2.25. The van der Waals surface area contributed by atoms with E-state index in [-0.39, 0.29) is 29.3 Å². The highest BCUT2D eigenvalue weighted by molar-refractivity contribution is 6.29. The molecule has 0 saturated carbocycles. The van der Waals surface area contributed by atoms with Crippen LogP contribution in [-0.4, -0.2) is 23.3 Å². The number of hydrogen-bond donors (Lipinski definition) is 0. The molecule has 0 amide bonds. The van der Waals surface area contributed by atoms with Gasteiger partial charge in [-0.05, 0) is 19.9 Å². The van der Waals surface area contributed by atoms with Gasteiger partial charge in [0, 0.05) is 18.9 Å². The quantitative estimate of drug-likeness (QED) is 0.771. The molecular formula is C13H15ClF3NO2. The smallest absolute Gasteiger partial charge is 0.416 e. The van der Waals surface area contributed by atoms with Crippen molar-refractivity contribution in [1.82, 2.24) is 4.98 Å². The highest BCUT2D eigenvalue weighted by Gasteiger charge is 2.32. The van der Waals surface area contributed by atoms with Gasteiger partial charge in [0.1, 0.15) is 11.3 Å². The van der Waals surface area contributed by atoms with Crippen LogP contribution >= 0.6 is 11.6 Å². The molecule has 1 aliphatic rings. The first-order valence-electron chi connectivity index (χ1n) is 6.31. The van der Waals surface area contributed by atoms with Gasteiger partial charge in [0.05, 0.1) is 17.8 Å². The minimum absolute atomic E-state index is 0.00465. The van der Waals surface area contributed by atoms with Crippen molar-refractivity contribution in [3.63, 3.8) is 0 Å². The summed E-state index contributed by atoms with van der Waals surface area (Å²) in [7, 11) is 0.